The van der Waals surface area contributed by atoms with E-state index in [0.717, 1.165) is 23.2 Å². The zero-order valence-electron chi connectivity index (χ0n) is 10.2. The average molecular weight is 248 g/mol. The number of rotatable bonds is 3. The molecule has 0 saturated carbocycles. The molecule has 0 amide bonds. The van der Waals surface area contributed by atoms with Crippen molar-refractivity contribution in [1.82, 2.24) is 9.78 Å². The molecular formula is C16H12N2O. The second-order valence-corrected chi connectivity index (χ2v) is 4.19. The number of carbonyl (C=O) groups is 1. The van der Waals surface area contributed by atoms with Crippen molar-refractivity contribution < 1.29 is 4.79 Å². The van der Waals surface area contributed by atoms with Crippen LogP contribution >= 0.6 is 0 Å². The highest BCUT2D eigenvalue weighted by Gasteiger charge is 2.09. The fourth-order valence-corrected chi connectivity index (χ4v) is 2.01. The van der Waals surface area contributed by atoms with Crippen molar-refractivity contribution in [2.75, 3.05) is 0 Å². The largest absolute Gasteiger partial charge is 0.296 e. The first-order valence-corrected chi connectivity index (χ1v) is 6.04. The van der Waals surface area contributed by atoms with Gasteiger partial charge in [-0.25, -0.2) is 4.68 Å². The van der Waals surface area contributed by atoms with Crippen LogP contribution in [0.4, 0.5) is 0 Å². The molecule has 19 heavy (non-hydrogen) atoms. The predicted molar refractivity (Wildman–Crippen MR) is 74.4 cm³/mol. The third kappa shape index (κ3) is 2.18. The Labute approximate surface area is 111 Å². The lowest BCUT2D eigenvalue weighted by Crippen LogP contribution is -2.00. The SMILES string of the molecule is O=Cc1cc(-c2ccccc2)nn1-c1ccccc1. The summed E-state index contributed by atoms with van der Waals surface area (Å²) in [5.74, 6) is 0. The molecule has 0 unspecified atom stereocenters. The Balaban J connectivity index is 2.12. The van der Waals surface area contributed by atoms with E-state index in [-0.39, 0.29) is 0 Å². The van der Waals surface area contributed by atoms with E-state index in [9.17, 15) is 4.79 Å². The van der Waals surface area contributed by atoms with Crippen LogP contribution in [0.5, 0.6) is 0 Å². The zero-order chi connectivity index (χ0) is 13.1. The van der Waals surface area contributed by atoms with Crippen LogP contribution in [0.15, 0.2) is 66.7 Å². The van der Waals surface area contributed by atoms with Crippen LogP contribution in [0.1, 0.15) is 10.5 Å². The van der Waals surface area contributed by atoms with Crippen molar-refractivity contribution in [1.29, 1.82) is 0 Å². The van der Waals surface area contributed by atoms with E-state index < -0.39 is 0 Å². The van der Waals surface area contributed by atoms with Gasteiger partial charge in [0, 0.05) is 5.56 Å². The standard InChI is InChI=1S/C16H12N2O/c19-12-15-11-16(13-7-3-1-4-8-13)17-18(15)14-9-5-2-6-10-14/h1-12H. The molecular weight excluding hydrogens is 236 g/mol. The monoisotopic (exact) mass is 248 g/mol. The van der Waals surface area contributed by atoms with Gasteiger partial charge >= 0.3 is 0 Å². The third-order valence-corrected chi connectivity index (χ3v) is 2.93. The Kier molecular flexibility index (Phi) is 2.94. The summed E-state index contributed by atoms with van der Waals surface area (Å²) < 4.78 is 1.66. The second kappa shape index (κ2) is 4.90. The molecule has 0 fully saturated rings. The number of para-hydroxylation sites is 1. The number of hydrogen-bond donors (Lipinski definition) is 0. The Morgan fingerprint density at radius 2 is 1.53 bits per heavy atom. The van der Waals surface area contributed by atoms with Gasteiger partial charge in [-0.15, -0.1) is 0 Å². The Morgan fingerprint density at radius 3 is 2.16 bits per heavy atom. The molecule has 3 nitrogen and oxygen atoms in total. The first-order valence-electron chi connectivity index (χ1n) is 6.04. The molecule has 0 bridgehead atoms. The molecule has 0 aliphatic carbocycles. The number of nitrogens with zero attached hydrogens (tertiary/aromatic N) is 2. The van der Waals surface area contributed by atoms with Crippen molar-refractivity contribution in [2.24, 2.45) is 0 Å². The lowest BCUT2D eigenvalue weighted by molar-refractivity contribution is 0.111. The first kappa shape index (κ1) is 11.4. The molecule has 3 heteroatoms. The predicted octanol–water partition coefficient (Wildman–Crippen LogP) is 3.35. The van der Waals surface area contributed by atoms with E-state index in [0.29, 0.717) is 5.69 Å². The molecule has 92 valence electrons. The number of carbonyl (C=O) groups excluding carboxylic acids is 1. The minimum Gasteiger partial charge on any atom is -0.296 e. The topological polar surface area (TPSA) is 34.9 Å². The minimum absolute atomic E-state index is 0.546. The molecule has 0 saturated heterocycles. The maximum absolute atomic E-state index is 11.2. The summed E-state index contributed by atoms with van der Waals surface area (Å²) in [4.78, 5) is 11.2. The van der Waals surface area contributed by atoms with E-state index in [2.05, 4.69) is 5.10 Å². The second-order valence-electron chi connectivity index (χ2n) is 4.19. The normalized spacial score (nSPS) is 10.3. The summed E-state index contributed by atoms with van der Waals surface area (Å²) in [6.07, 6.45) is 0.826. The van der Waals surface area contributed by atoms with Crippen molar-refractivity contribution in [2.45, 2.75) is 0 Å². The van der Waals surface area contributed by atoms with Crippen LogP contribution in [0.3, 0.4) is 0 Å². The highest BCUT2D eigenvalue weighted by atomic mass is 16.1. The van der Waals surface area contributed by atoms with Crippen LogP contribution in [0, 0.1) is 0 Å². The maximum atomic E-state index is 11.2. The summed E-state index contributed by atoms with van der Waals surface area (Å²) in [6, 6.07) is 21.3. The summed E-state index contributed by atoms with van der Waals surface area (Å²) in [7, 11) is 0. The van der Waals surface area contributed by atoms with Gasteiger partial charge in [0.15, 0.2) is 6.29 Å². The van der Waals surface area contributed by atoms with Gasteiger partial charge in [-0.05, 0) is 18.2 Å². The quantitative estimate of drug-likeness (QED) is 0.666. The van der Waals surface area contributed by atoms with Gasteiger partial charge in [-0.3, -0.25) is 4.79 Å². The maximum Gasteiger partial charge on any atom is 0.168 e. The number of aldehydes is 1. The van der Waals surface area contributed by atoms with Crippen LogP contribution in [0.2, 0.25) is 0 Å². The van der Waals surface area contributed by atoms with Gasteiger partial charge in [-0.2, -0.15) is 5.10 Å². The summed E-state index contributed by atoms with van der Waals surface area (Å²) >= 11 is 0. The lowest BCUT2D eigenvalue weighted by atomic mass is 10.1. The van der Waals surface area contributed by atoms with Gasteiger partial charge in [0.2, 0.25) is 0 Å². The summed E-state index contributed by atoms with van der Waals surface area (Å²) in [5.41, 5.74) is 3.23. The summed E-state index contributed by atoms with van der Waals surface area (Å²) in [6.45, 7) is 0. The van der Waals surface area contributed by atoms with Crippen LogP contribution in [-0.2, 0) is 0 Å². The van der Waals surface area contributed by atoms with Crippen molar-refractivity contribution in [3.05, 3.63) is 72.4 Å². The molecule has 0 aliphatic heterocycles. The van der Waals surface area contributed by atoms with E-state index in [1.165, 1.54) is 0 Å². The highest BCUT2D eigenvalue weighted by Crippen LogP contribution is 2.20. The van der Waals surface area contributed by atoms with Crippen molar-refractivity contribution in [3.8, 4) is 16.9 Å². The molecule has 3 aromatic rings. The van der Waals surface area contributed by atoms with Gasteiger partial charge in [-0.1, -0.05) is 48.5 Å². The highest BCUT2D eigenvalue weighted by molar-refractivity contribution is 5.77. The van der Waals surface area contributed by atoms with Crippen LogP contribution in [-0.4, -0.2) is 16.1 Å². The minimum atomic E-state index is 0.546. The number of aromatic nitrogens is 2. The third-order valence-electron chi connectivity index (χ3n) is 2.93. The molecule has 0 N–H and O–H groups in total. The number of hydrogen-bond acceptors (Lipinski definition) is 2. The Morgan fingerprint density at radius 1 is 0.895 bits per heavy atom. The van der Waals surface area contributed by atoms with Crippen molar-refractivity contribution in [3.63, 3.8) is 0 Å². The molecule has 3 rings (SSSR count). The smallest absolute Gasteiger partial charge is 0.168 e. The fourth-order valence-electron chi connectivity index (χ4n) is 2.01. The first-order chi connectivity index (χ1) is 9.38. The van der Waals surface area contributed by atoms with Gasteiger partial charge in [0.1, 0.15) is 5.69 Å². The average Bonchev–Trinajstić information content (AvgIpc) is 2.93. The molecule has 0 radical (unpaired) electrons. The molecule has 1 aromatic heterocycles. The van der Waals surface area contributed by atoms with Crippen molar-refractivity contribution >= 4 is 6.29 Å². The van der Waals surface area contributed by atoms with E-state index >= 15 is 0 Å². The summed E-state index contributed by atoms with van der Waals surface area (Å²) in [5, 5.41) is 4.51. The van der Waals surface area contributed by atoms with E-state index in [1.807, 2.05) is 60.7 Å². The van der Waals surface area contributed by atoms with Gasteiger partial charge in [0.25, 0.3) is 0 Å². The fraction of sp³-hybridized carbons (Fsp3) is 0. The van der Waals surface area contributed by atoms with Gasteiger partial charge < -0.3 is 0 Å². The van der Waals surface area contributed by atoms with Gasteiger partial charge in [0.05, 0.1) is 11.4 Å². The van der Waals surface area contributed by atoms with Crippen LogP contribution in [0.25, 0.3) is 16.9 Å². The number of benzene rings is 2. The Bertz CT molecular complexity index is 687. The van der Waals surface area contributed by atoms with E-state index in [4.69, 9.17) is 0 Å². The molecule has 2 aromatic carbocycles. The molecule has 0 atom stereocenters. The van der Waals surface area contributed by atoms with Crippen LogP contribution < -0.4 is 0 Å². The molecule has 0 spiro atoms. The lowest BCUT2D eigenvalue weighted by Gasteiger charge is -2.02. The molecule has 0 aliphatic rings. The Hall–Kier alpha value is -2.68. The molecule has 1 heterocycles. The zero-order valence-corrected chi connectivity index (χ0v) is 10.2. The van der Waals surface area contributed by atoms with E-state index in [1.54, 1.807) is 10.7 Å².